The fourth-order valence-corrected chi connectivity index (χ4v) is 4.64. The van der Waals surface area contributed by atoms with Crippen LogP contribution >= 0.6 is 23.5 Å². The van der Waals surface area contributed by atoms with E-state index in [2.05, 4.69) is 9.97 Å². The minimum Gasteiger partial charge on any atom is -0.338 e. The number of thioether (sulfide) groups is 2. The van der Waals surface area contributed by atoms with E-state index in [0.29, 0.717) is 11.6 Å². The molecule has 7 heteroatoms. The number of nitrogens with one attached hydrogen (secondary N) is 1. The molecule has 0 spiro atoms. The zero-order valence-electron chi connectivity index (χ0n) is 14.1. The fraction of sp³-hybridized carbons (Fsp3) is 0.389. The molecule has 2 heterocycles. The van der Waals surface area contributed by atoms with Gasteiger partial charge < -0.3 is 9.88 Å². The van der Waals surface area contributed by atoms with Gasteiger partial charge >= 0.3 is 0 Å². The number of aromatic amines is 1. The van der Waals surface area contributed by atoms with Gasteiger partial charge in [0.2, 0.25) is 0 Å². The summed E-state index contributed by atoms with van der Waals surface area (Å²) in [5, 5.41) is 0. The molecule has 0 bridgehead atoms. The molecule has 1 amide bonds. The van der Waals surface area contributed by atoms with Gasteiger partial charge in [-0.15, -0.1) is 11.8 Å². The van der Waals surface area contributed by atoms with Crippen LogP contribution in [-0.2, 0) is 5.75 Å². The molecular formula is C18H21N3O2S2. The van der Waals surface area contributed by atoms with Crippen molar-refractivity contribution in [3.05, 3.63) is 58.3 Å². The van der Waals surface area contributed by atoms with Gasteiger partial charge in [-0.1, -0.05) is 18.2 Å². The van der Waals surface area contributed by atoms with Gasteiger partial charge in [-0.05, 0) is 36.5 Å². The summed E-state index contributed by atoms with van der Waals surface area (Å²) < 4.78 is 0. The molecule has 0 radical (unpaired) electrons. The zero-order chi connectivity index (χ0) is 17.6. The molecule has 0 atom stereocenters. The maximum absolute atomic E-state index is 12.6. The molecule has 132 valence electrons. The Kier molecular flexibility index (Phi) is 6.20. The Morgan fingerprint density at radius 1 is 1.32 bits per heavy atom. The number of carbonyl (C=O) groups is 1. The molecule has 1 aliphatic heterocycles. The minimum absolute atomic E-state index is 0.120. The van der Waals surface area contributed by atoms with Crippen LogP contribution in [0.2, 0.25) is 0 Å². The number of amides is 1. The Labute approximate surface area is 155 Å². The number of nitrogens with zero attached hydrogens (tertiary/aromatic N) is 2. The second kappa shape index (κ2) is 8.58. The molecule has 1 aromatic carbocycles. The van der Waals surface area contributed by atoms with Gasteiger partial charge in [0.05, 0.1) is 5.75 Å². The molecule has 1 saturated heterocycles. The standard InChI is InChI=1S/C18H21N3O2S2/c1-21(13-7-9-24-10-8-13)18(23)15-11-19-16(20-17(15)22)12-25-14-5-3-2-4-6-14/h2-6,11,13H,7-10,12H2,1H3,(H,19,20,22). The number of benzene rings is 1. The van der Waals surface area contributed by atoms with Crippen LogP contribution in [0, 0.1) is 0 Å². The Hall–Kier alpha value is -1.73. The number of H-pyrrole nitrogens is 1. The molecular weight excluding hydrogens is 354 g/mol. The van der Waals surface area contributed by atoms with Crippen LogP contribution in [0.3, 0.4) is 0 Å². The lowest BCUT2D eigenvalue weighted by Crippen LogP contribution is -2.41. The lowest BCUT2D eigenvalue weighted by Gasteiger charge is -2.30. The highest BCUT2D eigenvalue weighted by molar-refractivity contribution is 7.99. The van der Waals surface area contributed by atoms with Crippen LogP contribution in [0.1, 0.15) is 29.0 Å². The molecule has 1 aromatic heterocycles. The number of hydrogen-bond acceptors (Lipinski definition) is 5. The fourth-order valence-electron chi connectivity index (χ4n) is 2.75. The van der Waals surface area contributed by atoms with Crippen LogP contribution in [0.25, 0.3) is 0 Å². The normalized spacial score (nSPS) is 15.1. The van der Waals surface area contributed by atoms with E-state index in [0.717, 1.165) is 29.2 Å². The Balaban J connectivity index is 1.66. The number of carbonyl (C=O) groups excluding carboxylic acids is 1. The molecule has 1 fully saturated rings. The van der Waals surface area contributed by atoms with Crippen molar-refractivity contribution in [2.45, 2.75) is 29.5 Å². The summed E-state index contributed by atoms with van der Waals surface area (Å²) >= 11 is 3.51. The van der Waals surface area contributed by atoms with Crippen molar-refractivity contribution < 1.29 is 4.79 Å². The van der Waals surface area contributed by atoms with E-state index in [1.165, 1.54) is 6.20 Å². The second-order valence-electron chi connectivity index (χ2n) is 5.93. The maximum Gasteiger partial charge on any atom is 0.263 e. The molecule has 0 saturated carbocycles. The van der Waals surface area contributed by atoms with Crippen molar-refractivity contribution in [2.75, 3.05) is 18.6 Å². The van der Waals surface area contributed by atoms with Gasteiger partial charge in [0.25, 0.3) is 11.5 Å². The Morgan fingerprint density at radius 2 is 2.04 bits per heavy atom. The lowest BCUT2D eigenvalue weighted by molar-refractivity contribution is 0.0721. The highest BCUT2D eigenvalue weighted by Crippen LogP contribution is 2.22. The SMILES string of the molecule is CN(C(=O)c1cnc(CSc2ccccc2)[nH]c1=O)C1CCSCC1. The predicted octanol–water partition coefficient (Wildman–Crippen LogP) is 3.03. The van der Waals surface area contributed by atoms with Crippen molar-refractivity contribution in [1.82, 2.24) is 14.9 Å². The van der Waals surface area contributed by atoms with Gasteiger partial charge in [-0.25, -0.2) is 4.98 Å². The maximum atomic E-state index is 12.6. The van der Waals surface area contributed by atoms with Crippen LogP contribution in [0.5, 0.6) is 0 Å². The molecule has 1 aliphatic rings. The average Bonchev–Trinajstić information content (AvgIpc) is 2.67. The third-order valence-corrected chi connectivity index (χ3v) is 6.33. The first-order valence-electron chi connectivity index (χ1n) is 8.26. The summed E-state index contributed by atoms with van der Waals surface area (Å²) in [6.07, 6.45) is 3.37. The quantitative estimate of drug-likeness (QED) is 0.814. The molecule has 0 aliphatic carbocycles. The first-order chi connectivity index (χ1) is 12.1. The van der Waals surface area contributed by atoms with E-state index < -0.39 is 0 Å². The van der Waals surface area contributed by atoms with Crippen LogP contribution < -0.4 is 5.56 Å². The summed E-state index contributed by atoms with van der Waals surface area (Å²) in [6.45, 7) is 0. The van der Waals surface area contributed by atoms with Crippen LogP contribution in [-0.4, -0.2) is 45.4 Å². The van der Waals surface area contributed by atoms with Crippen molar-refractivity contribution in [3.63, 3.8) is 0 Å². The van der Waals surface area contributed by atoms with Crippen molar-refractivity contribution in [3.8, 4) is 0 Å². The summed E-state index contributed by atoms with van der Waals surface area (Å²) in [5.74, 6) is 3.02. The van der Waals surface area contributed by atoms with E-state index in [1.807, 2.05) is 42.1 Å². The first-order valence-corrected chi connectivity index (χ1v) is 10.4. The summed E-state index contributed by atoms with van der Waals surface area (Å²) in [5.41, 5.74) is -0.241. The molecule has 5 nitrogen and oxygen atoms in total. The first kappa shape index (κ1) is 18.1. The second-order valence-corrected chi connectivity index (χ2v) is 8.21. The van der Waals surface area contributed by atoms with Gasteiger partial charge in [0.15, 0.2) is 0 Å². The molecule has 1 N–H and O–H groups in total. The van der Waals surface area contributed by atoms with Crippen molar-refractivity contribution in [1.29, 1.82) is 0 Å². The van der Waals surface area contributed by atoms with Gasteiger partial charge in [0, 0.05) is 24.2 Å². The van der Waals surface area contributed by atoms with Gasteiger partial charge in [0.1, 0.15) is 11.4 Å². The highest BCUT2D eigenvalue weighted by Gasteiger charge is 2.25. The summed E-state index contributed by atoms with van der Waals surface area (Å²) in [6, 6.07) is 10.1. The number of aromatic nitrogens is 2. The molecule has 25 heavy (non-hydrogen) atoms. The number of rotatable bonds is 5. The zero-order valence-corrected chi connectivity index (χ0v) is 15.7. The Bertz CT molecular complexity index is 773. The third-order valence-electron chi connectivity index (χ3n) is 4.26. The van der Waals surface area contributed by atoms with Crippen LogP contribution in [0.15, 0.2) is 46.2 Å². The number of hydrogen-bond donors (Lipinski definition) is 1. The largest absolute Gasteiger partial charge is 0.338 e. The monoisotopic (exact) mass is 375 g/mol. The van der Waals surface area contributed by atoms with E-state index >= 15 is 0 Å². The van der Waals surface area contributed by atoms with E-state index in [1.54, 1.807) is 23.7 Å². The Morgan fingerprint density at radius 3 is 2.72 bits per heavy atom. The topological polar surface area (TPSA) is 66.1 Å². The third kappa shape index (κ3) is 4.67. The van der Waals surface area contributed by atoms with E-state index in [-0.39, 0.29) is 23.1 Å². The molecule has 0 unspecified atom stereocenters. The molecule has 3 rings (SSSR count). The van der Waals surface area contributed by atoms with Crippen molar-refractivity contribution in [2.24, 2.45) is 0 Å². The lowest BCUT2D eigenvalue weighted by atomic mass is 10.1. The average molecular weight is 376 g/mol. The van der Waals surface area contributed by atoms with Gasteiger partial charge in [-0.3, -0.25) is 9.59 Å². The van der Waals surface area contributed by atoms with Crippen LogP contribution in [0.4, 0.5) is 0 Å². The smallest absolute Gasteiger partial charge is 0.263 e. The predicted molar refractivity (Wildman–Crippen MR) is 103 cm³/mol. The van der Waals surface area contributed by atoms with Crippen molar-refractivity contribution >= 4 is 29.4 Å². The minimum atomic E-state index is -0.360. The molecule has 2 aromatic rings. The van der Waals surface area contributed by atoms with E-state index in [4.69, 9.17) is 0 Å². The van der Waals surface area contributed by atoms with E-state index in [9.17, 15) is 9.59 Å². The summed E-state index contributed by atoms with van der Waals surface area (Å²) in [4.78, 5) is 34.8. The van der Waals surface area contributed by atoms with Gasteiger partial charge in [-0.2, -0.15) is 11.8 Å². The highest BCUT2D eigenvalue weighted by atomic mass is 32.2. The summed E-state index contributed by atoms with van der Waals surface area (Å²) in [7, 11) is 1.78.